The van der Waals surface area contributed by atoms with E-state index in [1.165, 1.54) is 6.42 Å². The van der Waals surface area contributed by atoms with Gasteiger partial charge in [0, 0.05) is 12.5 Å². The topological polar surface area (TPSA) is 41.6 Å². The third-order valence-electron chi connectivity index (χ3n) is 4.45. The lowest BCUT2D eigenvalue weighted by molar-refractivity contribution is -0.149. The number of rotatable bonds is 1. The van der Waals surface area contributed by atoms with Crippen LogP contribution in [-0.4, -0.2) is 49.2 Å². The largest absolute Gasteiger partial charge is 0.374 e. The molecule has 0 radical (unpaired) electrons. The van der Waals surface area contributed by atoms with Gasteiger partial charge < -0.3 is 15.0 Å². The molecule has 18 heavy (non-hydrogen) atoms. The fourth-order valence-electron chi connectivity index (χ4n) is 3.50. The van der Waals surface area contributed by atoms with Gasteiger partial charge in [0.05, 0.1) is 18.8 Å². The minimum Gasteiger partial charge on any atom is -0.374 e. The molecule has 0 aromatic carbocycles. The molecule has 2 heterocycles. The Labute approximate surface area is 115 Å². The number of piperidine rings is 1. The SMILES string of the molecule is Cl.O=C(C1CCNCC1)N1CCOC2CCCC21. The fourth-order valence-corrected chi connectivity index (χ4v) is 3.50. The average molecular weight is 275 g/mol. The van der Waals surface area contributed by atoms with Crippen LogP contribution < -0.4 is 5.32 Å². The number of carbonyl (C=O) groups is 1. The number of amides is 1. The molecule has 0 aromatic heterocycles. The highest BCUT2D eigenvalue weighted by Gasteiger charge is 2.40. The summed E-state index contributed by atoms with van der Waals surface area (Å²) in [5.74, 6) is 0.655. The maximum Gasteiger partial charge on any atom is 0.226 e. The third kappa shape index (κ3) is 2.65. The quantitative estimate of drug-likeness (QED) is 0.781. The van der Waals surface area contributed by atoms with Crippen LogP contribution in [-0.2, 0) is 9.53 Å². The molecule has 3 rings (SSSR count). The number of hydrogen-bond acceptors (Lipinski definition) is 3. The maximum atomic E-state index is 12.5. The van der Waals surface area contributed by atoms with E-state index in [0.717, 1.165) is 51.9 Å². The Hall–Kier alpha value is -0.320. The summed E-state index contributed by atoms with van der Waals surface area (Å²) in [6.07, 6.45) is 5.84. The van der Waals surface area contributed by atoms with Crippen molar-refractivity contribution in [3.63, 3.8) is 0 Å². The van der Waals surface area contributed by atoms with Crippen LogP contribution in [0.15, 0.2) is 0 Å². The molecule has 5 heteroatoms. The van der Waals surface area contributed by atoms with Crippen molar-refractivity contribution in [3.8, 4) is 0 Å². The fraction of sp³-hybridized carbons (Fsp3) is 0.923. The van der Waals surface area contributed by atoms with Gasteiger partial charge in [0.25, 0.3) is 0 Å². The number of fused-ring (bicyclic) bond motifs is 1. The molecule has 4 nitrogen and oxygen atoms in total. The van der Waals surface area contributed by atoms with Crippen molar-refractivity contribution in [1.29, 1.82) is 0 Å². The third-order valence-corrected chi connectivity index (χ3v) is 4.45. The van der Waals surface area contributed by atoms with E-state index in [2.05, 4.69) is 10.2 Å². The smallest absolute Gasteiger partial charge is 0.226 e. The van der Waals surface area contributed by atoms with Gasteiger partial charge in [-0.25, -0.2) is 0 Å². The lowest BCUT2D eigenvalue weighted by atomic mass is 9.95. The molecular weight excluding hydrogens is 252 g/mol. The summed E-state index contributed by atoms with van der Waals surface area (Å²) in [6.45, 7) is 3.53. The van der Waals surface area contributed by atoms with E-state index >= 15 is 0 Å². The molecule has 1 aliphatic carbocycles. The molecule has 0 aromatic rings. The Bertz CT molecular complexity index is 295. The zero-order chi connectivity index (χ0) is 11.7. The molecule has 2 atom stereocenters. The predicted octanol–water partition coefficient (Wildman–Crippen LogP) is 1.19. The normalized spacial score (nSPS) is 32.8. The highest BCUT2D eigenvalue weighted by atomic mass is 35.5. The Morgan fingerprint density at radius 1 is 1.17 bits per heavy atom. The monoisotopic (exact) mass is 274 g/mol. The first kappa shape index (κ1) is 14.1. The van der Waals surface area contributed by atoms with E-state index in [9.17, 15) is 4.79 Å². The first-order chi connectivity index (χ1) is 8.36. The van der Waals surface area contributed by atoms with E-state index in [1.54, 1.807) is 0 Å². The lowest BCUT2D eigenvalue weighted by Gasteiger charge is -2.40. The van der Waals surface area contributed by atoms with Crippen molar-refractivity contribution in [1.82, 2.24) is 10.2 Å². The van der Waals surface area contributed by atoms with Crippen LogP contribution in [0.25, 0.3) is 0 Å². The van der Waals surface area contributed by atoms with E-state index in [4.69, 9.17) is 4.74 Å². The van der Waals surface area contributed by atoms with Crippen LogP contribution in [0.4, 0.5) is 0 Å². The van der Waals surface area contributed by atoms with Crippen LogP contribution >= 0.6 is 12.4 Å². The first-order valence-electron chi connectivity index (χ1n) is 6.99. The van der Waals surface area contributed by atoms with Crippen LogP contribution in [0.1, 0.15) is 32.1 Å². The summed E-state index contributed by atoms with van der Waals surface area (Å²) >= 11 is 0. The second kappa shape index (κ2) is 6.22. The summed E-state index contributed by atoms with van der Waals surface area (Å²) in [4.78, 5) is 14.7. The van der Waals surface area contributed by atoms with Crippen LogP contribution in [0, 0.1) is 5.92 Å². The maximum absolute atomic E-state index is 12.5. The Kier molecular flexibility index (Phi) is 4.87. The average Bonchev–Trinajstić information content (AvgIpc) is 2.87. The summed E-state index contributed by atoms with van der Waals surface area (Å²) in [6, 6.07) is 0.381. The molecule has 0 bridgehead atoms. The molecule has 104 valence electrons. The summed E-state index contributed by atoms with van der Waals surface area (Å²) < 4.78 is 5.76. The van der Waals surface area contributed by atoms with Crippen molar-refractivity contribution in [2.75, 3.05) is 26.2 Å². The summed E-state index contributed by atoms with van der Waals surface area (Å²) in [7, 11) is 0. The molecule has 3 aliphatic rings. The number of ether oxygens (including phenoxy) is 1. The first-order valence-corrected chi connectivity index (χ1v) is 6.99. The van der Waals surface area contributed by atoms with Crippen molar-refractivity contribution < 1.29 is 9.53 Å². The second-order valence-electron chi connectivity index (χ2n) is 5.46. The highest BCUT2D eigenvalue weighted by Crippen LogP contribution is 2.31. The zero-order valence-corrected chi connectivity index (χ0v) is 11.6. The van der Waals surface area contributed by atoms with Gasteiger partial charge in [0.15, 0.2) is 0 Å². The number of nitrogens with zero attached hydrogens (tertiary/aromatic N) is 1. The van der Waals surface area contributed by atoms with Crippen LogP contribution in [0.2, 0.25) is 0 Å². The van der Waals surface area contributed by atoms with Crippen molar-refractivity contribution in [2.24, 2.45) is 5.92 Å². The molecule has 1 amide bonds. The summed E-state index contributed by atoms with van der Waals surface area (Å²) in [5.41, 5.74) is 0. The van der Waals surface area contributed by atoms with Gasteiger partial charge in [0.1, 0.15) is 0 Å². The number of morpholine rings is 1. The Balaban J connectivity index is 0.00000120. The summed E-state index contributed by atoms with van der Waals surface area (Å²) in [5, 5.41) is 3.32. The van der Waals surface area contributed by atoms with Gasteiger partial charge in [-0.2, -0.15) is 0 Å². The molecule has 1 N–H and O–H groups in total. The Morgan fingerprint density at radius 2 is 1.94 bits per heavy atom. The van der Waals surface area contributed by atoms with E-state index in [1.807, 2.05) is 0 Å². The van der Waals surface area contributed by atoms with E-state index < -0.39 is 0 Å². The molecule has 3 fully saturated rings. The van der Waals surface area contributed by atoms with E-state index in [-0.39, 0.29) is 18.3 Å². The Morgan fingerprint density at radius 3 is 2.72 bits per heavy atom. The van der Waals surface area contributed by atoms with Gasteiger partial charge in [-0.05, 0) is 45.2 Å². The standard InChI is InChI=1S/C13H22N2O2.ClH/c16-13(10-4-6-14-7-5-10)15-8-9-17-12-3-1-2-11(12)15;/h10-12,14H,1-9H2;1H. The molecule has 2 aliphatic heterocycles. The molecule has 2 unspecified atom stereocenters. The van der Waals surface area contributed by atoms with Crippen LogP contribution in [0.5, 0.6) is 0 Å². The van der Waals surface area contributed by atoms with Crippen LogP contribution in [0.3, 0.4) is 0 Å². The minimum atomic E-state index is 0. The molecule has 1 saturated carbocycles. The molecule has 2 saturated heterocycles. The van der Waals surface area contributed by atoms with Crippen molar-refractivity contribution in [2.45, 2.75) is 44.2 Å². The molecular formula is C13H23ClN2O2. The van der Waals surface area contributed by atoms with Gasteiger partial charge in [0.2, 0.25) is 5.91 Å². The van der Waals surface area contributed by atoms with Gasteiger partial charge >= 0.3 is 0 Å². The minimum absolute atomic E-state index is 0. The molecule has 0 spiro atoms. The number of carbonyl (C=O) groups excluding carboxylic acids is 1. The lowest BCUT2D eigenvalue weighted by Crippen LogP contribution is -2.53. The zero-order valence-electron chi connectivity index (χ0n) is 10.8. The van der Waals surface area contributed by atoms with Gasteiger partial charge in [-0.3, -0.25) is 4.79 Å². The second-order valence-corrected chi connectivity index (χ2v) is 5.46. The number of nitrogens with one attached hydrogen (secondary N) is 1. The van der Waals surface area contributed by atoms with Gasteiger partial charge in [-0.1, -0.05) is 0 Å². The van der Waals surface area contributed by atoms with Crippen molar-refractivity contribution >= 4 is 18.3 Å². The predicted molar refractivity (Wildman–Crippen MR) is 71.9 cm³/mol. The number of hydrogen-bond donors (Lipinski definition) is 1. The van der Waals surface area contributed by atoms with Gasteiger partial charge in [-0.15, -0.1) is 12.4 Å². The van der Waals surface area contributed by atoms with Crippen molar-refractivity contribution in [3.05, 3.63) is 0 Å². The highest BCUT2D eigenvalue weighted by molar-refractivity contribution is 5.85. The number of halogens is 1. The van der Waals surface area contributed by atoms with E-state index in [0.29, 0.717) is 18.1 Å².